The predicted molar refractivity (Wildman–Crippen MR) is 54.2 cm³/mol. The van der Waals surface area contributed by atoms with Crippen LogP contribution in [0.25, 0.3) is 0 Å². The Bertz CT molecular complexity index is 205. The van der Waals surface area contributed by atoms with E-state index >= 15 is 0 Å². The molecule has 1 N–H and O–H groups in total. The van der Waals surface area contributed by atoms with Crippen LogP contribution in [0.2, 0.25) is 0 Å². The fourth-order valence-corrected chi connectivity index (χ4v) is 2.50. The molecule has 0 saturated carbocycles. The topological polar surface area (TPSA) is 54.4 Å². The lowest BCUT2D eigenvalue weighted by Crippen LogP contribution is -2.36. The molecule has 0 saturated heterocycles. The molecule has 0 aromatic rings. The predicted octanol–water partition coefficient (Wildman–Crippen LogP) is 1.79. The molecular formula is C9H18O3S. The third-order valence-corrected chi connectivity index (χ3v) is 3.85. The van der Waals surface area contributed by atoms with Crippen molar-refractivity contribution < 1.29 is 14.1 Å². The minimum absolute atomic E-state index is 0.446. The molecule has 0 aliphatic carbocycles. The molecule has 0 aromatic carbocycles. The number of carboxylic acid groups (broad SMARTS) is 1. The van der Waals surface area contributed by atoms with Gasteiger partial charge in [0.1, 0.15) is 5.25 Å². The summed E-state index contributed by atoms with van der Waals surface area (Å²) in [7, 11) is -1.30. The number of hydrogen-bond donors (Lipinski definition) is 1. The van der Waals surface area contributed by atoms with Gasteiger partial charge in [-0.1, -0.05) is 13.3 Å². The van der Waals surface area contributed by atoms with Crippen molar-refractivity contribution in [3.8, 4) is 0 Å². The van der Waals surface area contributed by atoms with Gasteiger partial charge in [-0.25, -0.2) is 0 Å². The van der Waals surface area contributed by atoms with Crippen LogP contribution in [0.15, 0.2) is 0 Å². The summed E-state index contributed by atoms with van der Waals surface area (Å²) in [5.41, 5.74) is 0. The Morgan fingerprint density at radius 2 is 1.92 bits per heavy atom. The van der Waals surface area contributed by atoms with Gasteiger partial charge in [-0.15, -0.1) is 0 Å². The summed E-state index contributed by atoms with van der Waals surface area (Å²) in [5, 5.41) is 8.13. The lowest BCUT2D eigenvalue weighted by atomic mass is 10.2. The molecule has 0 fully saturated rings. The first-order valence-corrected chi connectivity index (χ1v) is 5.65. The number of carboxylic acids is 1. The van der Waals surface area contributed by atoms with E-state index in [1.54, 1.807) is 20.8 Å². The molecule has 13 heavy (non-hydrogen) atoms. The largest absolute Gasteiger partial charge is 0.480 e. The van der Waals surface area contributed by atoms with Crippen molar-refractivity contribution in [3.63, 3.8) is 0 Å². The Kier molecular flexibility index (Phi) is 4.61. The molecule has 0 rings (SSSR count). The molecule has 4 heteroatoms. The second-order valence-corrected chi connectivity index (χ2v) is 6.41. The highest BCUT2D eigenvalue weighted by atomic mass is 32.2. The summed E-state index contributed by atoms with van der Waals surface area (Å²) in [6.45, 7) is 7.30. The van der Waals surface area contributed by atoms with Crippen LogP contribution < -0.4 is 0 Å². The van der Waals surface area contributed by atoms with Gasteiger partial charge in [-0.05, 0) is 27.2 Å². The molecule has 0 amide bonds. The van der Waals surface area contributed by atoms with Gasteiger partial charge in [0.2, 0.25) is 0 Å². The van der Waals surface area contributed by atoms with Crippen molar-refractivity contribution in [1.82, 2.24) is 0 Å². The Hall–Kier alpha value is -0.380. The molecule has 0 spiro atoms. The average Bonchev–Trinajstić information content (AvgIpc) is 1.96. The first kappa shape index (κ1) is 12.6. The highest BCUT2D eigenvalue weighted by Gasteiger charge is 2.32. The van der Waals surface area contributed by atoms with E-state index in [1.165, 1.54) is 0 Å². The van der Waals surface area contributed by atoms with Gasteiger partial charge in [0.25, 0.3) is 0 Å². The van der Waals surface area contributed by atoms with Gasteiger partial charge >= 0.3 is 5.97 Å². The molecule has 0 aliphatic heterocycles. The molecule has 78 valence electrons. The number of rotatable bonds is 4. The molecule has 2 unspecified atom stereocenters. The summed E-state index contributed by atoms with van der Waals surface area (Å²) < 4.78 is 11.3. The van der Waals surface area contributed by atoms with E-state index in [-0.39, 0.29) is 0 Å². The number of carbonyl (C=O) groups is 1. The fraction of sp³-hybridized carbons (Fsp3) is 0.889. The minimum Gasteiger partial charge on any atom is -0.480 e. The third-order valence-electron chi connectivity index (χ3n) is 1.69. The van der Waals surface area contributed by atoms with Crippen LogP contribution in [-0.2, 0) is 15.6 Å². The maximum Gasteiger partial charge on any atom is 0.319 e. The number of aliphatic carboxylic acids is 1. The Morgan fingerprint density at radius 3 is 2.15 bits per heavy atom. The quantitative estimate of drug-likeness (QED) is 0.763. The summed E-state index contributed by atoms with van der Waals surface area (Å²) in [6, 6.07) is 0. The van der Waals surface area contributed by atoms with Crippen LogP contribution in [0.5, 0.6) is 0 Å². The molecule has 0 radical (unpaired) electrons. The summed E-state index contributed by atoms with van der Waals surface area (Å²) in [6.07, 6.45) is 1.23. The van der Waals surface area contributed by atoms with Gasteiger partial charge in [0.15, 0.2) is 0 Å². The van der Waals surface area contributed by atoms with E-state index in [4.69, 9.17) is 5.11 Å². The first-order chi connectivity index (χ1) is 5.80. The average molecular weight is 206 g/mol. The SMILES string of the molecule is CCCC(C(=O)O)S(=O)C(C)(C)C. The molecule has 0 heterocycles. The van der Waals surface area contributed by atoms with Gasteiger partial charge < -0.3 is 5.11 Å². The van der Waals surface area contributed by atoms with Crippen LogP contribution in [-0.4, -0.2) is 25.3 Å². The zero-order valence-corrected chi connectivity index (χ0v) is 9.48. The lowest BCUT2D eigenvalue weighted by Gasteiger charge is -2.22. The van der Waals surface area contributed by atoms with Gasteiger partial charge in [-0.2, -0.15) is 0 Å². The highest BCUT2D eigenvalue weighted by molar-refractivity contribution is 7.87. The molecule has 0 aliphatic rings. The van der Waals surface area contributed by atoms with Crippen molar-refractivity contribution in [2.75, 3.05) is 0 Å². The summed E-state index contributed by atoms with van der Waals surface area (Å²) in [4.78, 5) is 10.8. The van der Waals surface area contributed by atoms with Crippen LogP contribution in [0, 0.1) is 0 Å². The first-order valence-electron chi connectivity index (χ1n) is 4.44. The smallest absolute Gasteiger partial charge is 0.319 e. The molecule has 0 bridgehead atoms. The Balaban J connectivity index is 4.56. The van der Waals surface area contributed by atoms with E-state index in [9.17, 15) is 9.00 Å². The van der Waals surface area contributed by atoms with Crippen molar-refractivity contribution in [2.24, 2.45) is 0 Å². The molecule has 0 aromatic heterocycles. The maximum absolute atomic E-state index is 11.7. The van der Waals surface area contributed by atoms with Crippen LogP contribution in [0.4, 0.5) is 0 Å². The zero-order chi connectivity index (χ0) is 10.6. The van der Waals surface area contributed by atoms with Crippen molar-refractivity contribution >= 4 is 16.8 Å². The summed E-state index contributed by atoms with van der Waals surface area (Å²) in [5.74, 6) is -0.949. The van der Waals surface area contributed by atoms with Crippen molar-refractivity contribution in [1.29, 1.82) is 0 Å². The van der Waals surface area contributed by atoms with Crippen LogP contribution >= 0.6 is 0 Å². The van der Waals surface area contributed by atoms with E-state index in [1.807, 2.05) is 6.92 Å². The van der Waals surface area contributed by atoms with E-state index in [0.717, 1.165) is 6.42 Å². The highest BCUT2D eigenvalue weighted by Crippen LogP contribution is 2.19. The third kappa shape index (κ3) is 3.89. The van der Waals surface area contributed by atoms with E-state index in [2.05, 4.69) is 0 Å². The minimum atomic E-state index is -1.30. The summed E-state index contributed by atoms with van der Waals surface area (Å²) >= 11 is 0. The maximum atomic E-state index is 11.7. The Morgan fingerprint density at radius 1 is 1.46 bits per heavy atom. The fourth-order valence-electron chi connectivity index (χ4n) is 1.01. The van der Waals surface area contributed by atoms with Crippen molar-refractivity contribution in [2.45, 2.75) is 50.5 Å². The molecule has 2 atom stereocenters. The zero-order valence-electron chi connectivity index (χ0n) is 8.66. The van der Waals surface area contributed by atoms with Gasteiger partial charge in [0, 0.05) is 15.5 Å². The second-order valence-electron chi connectivity index (χ2n) is 4.03. The Labute approximate surface area is 82.0 Å². The van der Waals surface area contributed by atoms with Gasteiger partial charge in [-0.3, -0.25) is 9.00 Å². The van der Waals surface area contributed by atoms with Crippen LogP contribution in [0.1, 0.15) is 40.5 Å². The van der Waals surface area contributed by atoms with E-state index in [0.29, 0.717) is 6.42 Å². The monoisotopic (exact) mass is 206 g/mol. The number of hydrogen-bond acceptors (Lipinski definition) is 2. The van der Waals surface area contributed by atoms with Crippen molar-refractivity contribution in [3.05, 3.63) is 0 Å². The normalized spacial score (nSPS) is 16.6. The van der Waals surface area contributed by atoms with E-state index < -0.39 is 26.8 Å². The molecular weight excluding hydrogens is 188 g/mol. The molecule has 3 nitrogen and oxygen atoms in total. The second kappa shape index (κ2) is 4.74. The lowest BCUT2D eigenvalue weighted by molar-refractivity contribution is -0.136. The standard InChI is InChI=1S/C9H18O3S/c1-5-6-7(8(10)11)13(12)9(2,3)4/h7H,5-6H2,1-4H3,(H,10,11). The van der Waals surface area contributed by atoms with Crippen LogP contribution in [0.3, 0.4) is 0 Å². The van der Waals surface area contributed by atoms with Gasteiger partial charge in [0.05, 0.1) is 0 Å².